The van der Waals surface area contributed by atoms with Crippen molar-refractivity contribution in [2.45, 2.75) is 20.3 Å². The monoisotopic (exact) mass is 337 g/mol. The molecule has 7 nitrogen and oxygen atoms in total. The molecular formula is C13H15N5O2S2. The van der Waals surface area contributed by atoms with Crippen LogP contribution < -0.4 is 5.43 Å². The number of amidine groups is 1. The highest BCUT2D eigenvalue weighted by atomic mass is 32.2. The summed E-state index contributed by atoms with van der Waals surface area (Å²) in [6.45, 7) is 4.40. The molecule has 0 radical (unpaired) electrons. The Balaban J connectivity index is 1.80. The quantitative estimate of drug-likeness (QED) is 0.861. The van der Waals surface area contributed by atoms with E-state index in [0.717, 1.165) is 11.4 Å². The molecule has 0 unspecified atom stereocenters. The van der Waals surface area contributed by atoms with Crippen LogP contribution in [0.15, 0.2) is 16.7 Å². The maximum Gasteiger partial charge on any atom is 0.290 e. The first kappa shape index (κ1) is 15.0. The Morgan fingerprint density at radius 1 is 1.55 bits per heavy atom. The molecule has 1 aliphatic heterocycles. The zero-order chi connectivity index (χ0) is 15.7. The van der Waals surface area contributed by atoms with Crippen LogP contribution in [0.2, 0.25) is 0 Å². The number of rotatable bonds is 4. The standard InChI is InChI=1S/C13H15N5O2S2/c1-3-4-17-9(19)7-22-13(17)16-15-11(20)10-8(2)14-12-18(10)5-6-21-12/h5-6H,3-4,7H2,1-2H3,(H,15,20)/b16-13+. The summed E-state index contributed by atoms with van der Waals surface area (Å²) in [5.41, 5.74) is 3.66. The van der Waals surface area contributed by atoms with Crippen molar-refractivity contribution in [1.82, 2.24) is 19.7 Å². The summed E-state index contributed by atoms with van der Waals surface area (Å²) in [6.07, 6.45) is 2.65. The average Bonchev–Trinajstić information content (AvgIpc) is 3.13. The number of hydrazone groups is 1. The van der Waals surface area contributed by atoms with Gasteiger partial charge in [-0.05, 0) is 13.3 Å². The largest absolute Gasteiger partial charge is 0.290 e. The lowest BCUT2D eigenvalue weighted by Crippen LogP contribution is -2.32. The van der Waals surface area contributed by atoms with Crippen LogP contribution in [-0.2, 0) is 4.79 Å². The van der Waals surface area contributed by atoms with E-state index < -0.39 is 0 Å². The molecule has 22 heavy (non-hydrogen) atoms. The van der Waals surface area contributed by atoms with Crippen LogP contribution in [0, 0.1) is 6.92 Å². The van der Waals surface area contributed by atoms with Gasteiger partial charge in [0.05, 0.1) is 11.4 Å². The summed E-state index contributed by atoms with van der Waals surface area (Å²) in [6, 6.07) is 0. The van der Waals surface area contributed by atoms with Crippen molar-refractivity contribution in [2.24, 2.45) is 5.10 Å². The smallest absolute Gasteiger partial charge is 0.289 e. The van der Waals surface area contributed by atoms with Gasteiger partial charge >= 0.3 is 0 Å². The number of thioether (sulfide) groups is 1. The third kappa shape index (κ3) is 2.61. The van der Waals surface area contributed by atoms with Crippen molar-refractivity contribution in [2.75, 3.05) is 12.3 Å². The van der Waals surface area contributed by atoms with Gasteiger partial charge in [0.15, 0.2) is 10.1 Å². The number of hydrogen-bond donors (Lipinski definition) is 1. The van der Waals surface area contributed by atoms with Gasteiger partial charge in [0.2, 0.25) is 5.91 Å². The first-order valence-electron chi connectivity index (χ1n) is 6.85. The highest BCUT2D eigenvalue weighted by Crippen LogP contribution is 2.20. The lowest BCUT2D eigenvalue weighted by atomic mass is 10.3. The van der Waals surface area contributed by atoms with Gasteiger partial charge in [0, 0.05) is 18.1 Å². The molecule has 0 bridgehead atoms. The molecule has 2 amide bonds. The fourth-order valence-corrected chi connectivity index (χ4v) is 3.87. The zero-order valence-electron chi connectivity index (χ0n) is 12.2. The Kier molecular flexibility index (Phi) is 4.16. The predicted molar refractivity (Wildman–Crippen MR) is 87.2 cm³/mol. The maximum absolute atomic E-state index is 12.4. The normalized spacial score (nSPS) is 16.9. The van der Waals surface area contributed by atoms with Gasteiger partial charge in [-0.2, -0.15) is 0 Å². The van der Waals surface area contributed by atoms with Crippen LogP contribution in [0.1, 0.15) is 29.5 Å². The third-order valence-electron chi connectivity index (χ3n) is 3.21. The fraction of sp³-hybridized carbons (Fsp3) is 0.385. The van der Waals surface area contributed by atoms with Gasteiger partial charge < -0.3 is 0 Å². The number of imidazole rings is 1. The minimum atomic E-state index is -0.327. The predicted octanol–water partition coefficient (Wildman–Crippen LogP) is 1.69. The van der Waals surface area contributed by atoms with Crippen molar-refractivity contribution in [3.05, 3.63) is 23.0 Å². The summed E-state index contributed by atoms with van der Waals surface area (Å²) >= 11 is 2.81. The number of amides is 2. The SMILES string of the molecule is CCCN1C(=O)CS/C1=N/NC(=O)c1c(C)nc2sccn12. The van der Waals surface area contributed by atoms with E-state index in [1.165, 1.54) is 23.1 Å². The van der Waals surface area contributed by atoms with Crippen molar-refractivity contribution >= 4 is 45.0 Å². The van der Waals surface area contributed by atoms with Gasteiger partial charge in [-0.25, -0.2) is 10.4 Å². The van der Waals surface area contributed by atoms with Crippen LogP contribution >= 0.6 is 23.1 Å². The van der Waals surface area contributed by atoms with Crippen LogP contribution in [-0.4, -0.2) is 43.6 Å². The van der Waals surface area contributed by atoms with Crippen molar-refractivity contribution in [3.63, 3.8) is 0 Å². The molecule has 1 saturated heterocycles. The van der Waals surface area contributed by atoms with Crippen LogP contribution in [0.5, 0.6) is 0 Å². The van der Waals surface area contributed by atoms with Crippen molar-refractivity contribution < 1.29 is 9.59 Å². The zero-order valence-corrected chi connectivity index (χ0v) is 13.8. The Bertz CT molecular complexity index is 764. The second kappa shape index (κ2) is 6.09. The lowest BCUT2D eigenvalue weighted by Gasteiger charge is -2.14. The highest BCUT2D eigenvalue weighted by Gasteiger charge is 2.28. The number of aryl methyl sites for hydroxylation is 1. The molecule has 0 aromatic carbocycles. The number of nitrogens with zero attached hydrogens (tertiary/aromatic N) is 4. The molecule has 0 atom stereocenters. The molecule has 0 spiro atoms. The molecule has 0 aliphatic carbocycles. The molecule has 3 rings (SSSR count). The van der Waals surface area contributed by atoms with E-state index in [1.807, 2.05) is 12.3 Å². The maximum atomic E-state index is 12.4. The molecule has 1 fully saturated rings. The number of hydrogen-bond acceptors (Lipinski definition) is 6. The van der Waals surface area contributed by atoms with Crippen LogP contribution in [0.3, 0.4) is 0 Å². The van der Waals surface area contributed by atoms with E-state index in [1.54, 1.807) is 22.4 Å². The number of nitrogens with one attached hydrogen (secondary N) is 1. The highest BCUT2D eigenvalue weighted by molar-refractivity contribution is 8.15. The second-order valence-corrected chi connectivity index (χ2v) is 6.59. The minimum absolute atomic E-state index is 0.0283. The van der Waals surface area contributed by atoms with Gasteiger partial charge in [-0.3, -0.25) is 18.9 Å². The van der Waals surface area contributed by atoms with E-state index in [4.69, 9.17) is 0 Å². The lowest BCUT2D eigenvalue weighted by molar-refractivity contribution is -0.124. The number of thiazole rings is 1. The van der Waals surface area contributed by atoms with Crippen LogP contribution in [0.25, 0.3) is 4.96 Å². The topological polar surface area (TPSA) is 79.1 Å². The molecule has 3 heterocycles. The van der Waals surface area contributed by atoms with E-state index in [0.29, 0.717) is 28.9 Å². The van der Waals surface area contributed by atoms with Gasteiger partial charge in [-0.15, -0.1) is 16.4 Å². The molecule has 1 N–H and O–H groups in total. The van der Waals surface area contributed by atoms with E-state index in [9.17, 15) is 9.59 Å². The summed E-state index contributed by atoms with van der Waals surface area (Å²) < 4.78 is 1.74. The molecule has 1 aliphatic rings. The van der Waals surface area contributed by atoms with Crippen LogP contribution in [0.4, 0.5) is 0 Å². The first-order chi connectivity index (χ1) is 10.6. The van der Waals surface area contributed by atoms with Crippen molar-refractivity contribution in [3.8, 4) is 0 Å². The summed E-state index contributed by atoms with van der Waals surface area (Å²) in [5, 5.41) is 6.53. The molecule has 0 saturated carbocycles. The number of carbonyl (C=O) groups is 2. The van der Waals surface area contributed by atoms with E-state index >= 15 is 0 Å². The summed E-state index contributed by atoms with van der Waals surface area (Å²) in [5.74, 6) is 0.0720. The van der Waals surface area contributed by atoms with Gasteiger partial charge in [0.25, 0.3) is 5.91 Å². The van der Waals surface area contributed by atoms with Gasteiger partial charge in [-0.1, -0.05) is 18.7 Å². The van der Waals surface area contributed by atoms with E-state index in [2.05, 4.69) is 15.5 Å². The number of carbonyl (C=O) groups excluding carboxylic acids is 2. The number of aromatic nitrogens is 2. The Morgan fingerprint density at radius 2 is 2.36 bits per heavy atom. The summed E-state index contributed by atoms with van der Waals surface area (Å²) in [7, 11) is 0. The first-order valence-corrected chi connectivity index (χ1v) is 8.71. The molecule has 116 valence electrons. The molecule has 2 aromatic rings. The molecular weight excluding hydrogens is 322 g/mol. The third-order valence-corrected chi connectivity index (χ3v) is 4.93. The van der Waals surface area contributed by atoms with E-state index in [-0.39, 0.29) is 11.8 Å². The Hall–Kier alpha value is -1.87. The number of fused-ring (bicyclic) bond motifs is 1. The molecule has 2 aromatic heterocycles. The Morgan fingerprint density at radius 3 is 3.14 bits per heavy atom. The molecule has 9 heteroatoms. The average molecular weight is 337 g/mol. The fourth-order valence-electron chi connectivity index (χ4n) is 2.24. The van der Waals surface area contributed by atoms with Crippen molar-refractivity contribution in [1.29, 1.82) is 0 Å². The second-order valence-electron chi connectivity index (χ2n) is 4.77. The Labute approximate surface area is 135 Å². The summed E-state index contributed by atoms with van der Waals surface area (Å²) in [4.78, 5) is 30.8. The van der Waals surface area contributed by atoms with Gasteiger partial charge in [0.1, 0.15) is 5.69 Å². The minimum Gasteiger partial charge on any atom is -0.289 e.